The van der Waals surface area contributed by atoms with E-state index in [-0.39, 0.29) is 5.56 Å². The van der Waals surface area contributed by atoms with Crippen molar-refractivity contribution in [2.45, 2.75) is 59.9 Å². The first-order chi connectivity index (χ1) is 22.0. The molecule has 246 valence electrons. The smallest absolute Gasteiger partial charge is 0.129 e. The molecule has 0 saturated carbocycles. The maximum absolute atomic E-state index is 14.8. The predicted molar refractivity (Wildman–Crippen MR) is 194 cm³/mol. The maximum Gasteiger partial charge on any atom is 0.129 e. The maximum atomic E-state index is 14.8. The van der Waals surface area contributed by atoms with Crippen molar-refractivity contribution in [1.29, 1.82) is 0 Å². The second-order valence-electron chi connectivity index (χ2n) is 12.2. The van der Waals surface area contributed by atoms with Gasteiger partial charge in [0.15, 0.2) is 0 Å². The van der Waals surface area contributed by atoms with Gasteiger partial charge in [-0.25, -0.2) is 8.78 Å². The summed E-state index contributed by atoms with van der Waals surface area (Å²) in [6.07, 6.45) is 17.2. The molecule has 0 saturated heterocycles. The predicted octanol–water partition coefficient (Wildman–Crippen LogP) is 9.67. The largest absolute Gasteiger partial charge is 0.378 e. The van der Waals surface area contributed by atoms with Crippen molar-refractivity contribution in [2.24, 2.45) is 4.99 Å². The lowest BCUT2D eigenvalue weighted by atomic mass is 10.00. The van der Waals surface area contributed by atoms with Crippen LogP contribution in [-0.4, -0.2) is 57.8 Å². The van der Waals surface area contributed by atoms with Crippen molar-refractivity contribution >= 4 is 18.1 Å². The molecule has 2 aliphatic rings. The number of likely N-dealkylation sites (N-methyl/N-ethyl adjacent to an activating group) is 1. The molecule has 0 aromatic heterocycles. The molecule has 0 atom stereocenters. The molecule has 0 spiro atoms. The summed E-state index contributed by atoms with van der Waals surface area (Å²) >= 11 is 0. The Balaban J connectivity index is 0.00000282. The molecule has 46 heavy (non-hydrogen) atoms. The van der Waals surface area contributed by atoms with Crippen molar-refractivity contribution in [2.75, 3.05) is 46.2 Å². The van der Waals surface area contributed by atoms with Gasteiger partial charge in [0.1, 0.15) is 11.6 Å². The third-order valence-corrected chi connectivity index (χ3v) is 8.02. The Labute approximate surface area is 276 Å². The van der Waals surface area contributed by atoms with Crippen molar-refractivity contribution in [3.05, 3.63) is 129 Å². The van der Waals surface area contributed by atoms with Crippen molar-refractivity contribution < 1.29 is 8.78 Å². The first-order valence-corrected chi connectivity index (χ1v) is 16.3. The van der Waals surface area contributed by atoms with E-state index in [9.17, 15) is 8.78 Å². The highest BCUT2D eigenvalue weighted by atomic mass is 19.1. The lowest BCUT2D eigenvalue weighted by molar-refractivity contribution is 0.374. The number of anilines is 1. The average molecular weight is 627 g/mol. The lowest BCUT2D eigenvalue weighted by Gasteiger charge is -2.31. The molecule has 0 N–H and O–H groups in total. The van der Waals surface area contributed by atoms with Gasteiger partial charge in [-0.1, -0.05) is 68.0 Å². The van der Waals surface area contributed by atoms with Crippen LogP contribution in [0.1, 0.15) is 63.1 Å². The van der Waals surface area contributed by atoms with E-state index in [2.05, 4.69) is 108 Å². The average Bonchev–Trinajstić information content (AvgIpc) is 3.38. The van der Waals surface area contributed by atoms with Crippen LogP contribution in [0.3, 0.4) is 0 Å². The monoisotopic (exact) mass is 626 g/mol. The number of rotatable bonds is 11. The highest BCUT2D eigenvalue weighted by Gasteiger charge is 2.22. The van der Waals surface area contributed by atoms with Crippen molar-refractivity contribution in [1.82, 2.24) is 9.80 Å². The summed E-state index contributed by atoms with van der Waals surface area (Å²) in [4.78, 5) is 11.1. The van der Waals surface area contributed by atoms with E-state index >= 15 is 0 Å². The van der Waals surface area contributed by atoms with Gasteiger partial charge in [-0.15, -0.1) is 0 Å². The molecular formula is C40H52F2N4. The van der Waals surface area contributed by atoms with Gasteiger partial charge in [-0.3, -0.25) is 4.99 Å². The highest BCUT2D eigenvalue weighted by molar-refractivity contribution is 5.76. The van der Waals surface area contributed by atoms with Crippen LogP contribution >= 0.6 is 0 Å². The first kappa shape index (κ1) is 36.4. The Morgan fingerprint density at radius 2 is 1.52 bits per heavy atom. The summed E-state index contributed by atoms with van der Waals surface area (Å²) in [5.74, 6) is -1.08. The zero-order valence-electron chi connectivity index (χ0n) is 29.1. The Bertz CT molecular complexity index is 1510. The summed E-state index contributed by atoms with van der Waals surface area (Å²) in [6.45, 7) is 13.4. The fraction of sp³-hybridized carbons (Fsp3) is 0.375. The van der Waals surface area contributed by atoms with Crippen LogP contribution in [0.15, 0.2) is 106 Å². The lowest BCUT2D eigenvalue weighted by Crippen LogP contribution is -2.27. The van der Waals surface area contributed by atoms with Crippen LogP contribution < -0.4 is 4.90 Å². The number of halogens is 2. The molecule has 2 aromatic carbocycles. The van der Waals surface area contributed by atoms with Gasteiger partial charge < -0.3 is 14.7 Å². The van der Waals surface area contributed by atoms with E-state index in [4.69, 9.17) is 0 Å². The molecule has 6 heteroatoms. The van der Waals surface area contributed by atoms with Crippen LogP contribution in [0.5, 0.6) is 0 Å². The molecular weight excluding hydrogens is 574 g/mol. The number of hydrogen-bond donors (Lipinski definition) is 0. The summed E-state index contributed by atoms with van der Waals surface area (Å²) < 4.78 is 29.7. The van der Waals surface area contributed by atoms with E-state index in [0.717, 1.165) is 60.4 Å². The van der Waals surface area contributed by atoms with Crippen LogP contribution in [0, 0.1) is 18.6 Å². The topological polar surface area (TPSA) is 22.1 Å². The van der Waals surface area contributed by atoms with Crippen LogP contribution in [0.4, 0.5) is 14.5 Å². The van der Waals surface area contributed by atoms with E-state index in [1.54, 1.807) is 0 Å². The quantitative estimate of drug-likeness (QED) is 0.232. The van der Waals surface area contributed by atoms with Gasteiger partial charge in [-0.2, -0.15) is 0 Å². The minimum Gasteiger partial charge on any atom is -0.378 e. The molecule has 0 unspecified atom stereocenters. The van der Waals surface area contributed by atoms with Crippen LogP contribution in [0.25, 0.3) is 5.70 Å². The summed E-state index contributed by atoms with van der Waals surface area (Å²) in [6, 6.07) is 11.2. The summed E-state index contributed by atoms with van der Waals surface area (Å²) in [5, 5.41) is 0. The van der Waals surface area contributed by atoms with E-state index in [1.165, 1.54) is 35.8 Å². The Hall–Kier alpha value is -4.03. The Kier molecular flexibility index (Phi) is 13.9. The van der Waals surface area contributed by atoms with Gasteiger partial charge >= 0.3 is 0 Å². The van der Waals surface area contributed by atoms with E-state index < -0.39 is 11.6 Å². The molecule has 0 heterocycles. The van der Waals surface area contributed by atoms with E-state index in [0.29, 0.717) is 18.7 Å². The van der Waals surface area contributed by atoms with Gasteiger partial charge in [-0.05, 0) is 107 Å². The summed E-state index contributed by atoms with van der Waals surface area (Å²) in [7, 11) is 8.15. The SMILES string of the molecule is C=N/C(=C(/C1=CCC=C(CN(C)C)C=C1)N(CC1=CCCCC(C)=C1)Cc1cc(F)c(C)c(F)c1)c1ccc(N(C)C)cc1.CC. The number of hydrogen-bond acceptors (Lipinski definition) is 4. The zero-order chi connectivity index (χ0) is 33.8. The van der Waals surface area contributed by atoms with Gasteiger partial charge in [0.05, 0.1) is 11.4 Å². The van der Waals surface area contributed by atoms with Crippen LogP contribution in [-0.2, 0) is 6.54 Å². The second kappa shape index (κ2) is 17.6. The van der Waals surface area contributed by atoms with E-state index in [1.807, 2.05) is 27.9 Å². The minimum atomic E-state index is -0.539. The number of allylic oxidation sites excluding steroid dienone is 5. The first-order valence-electron chi connectivity index (χ1n) is 16.3. The van der Waals surface area contributed by atoms with Gasteiger partial charge in [0, 0.05) is 50.5 Å². The van der Waals surface area contributed by atoms with Crippen molar-refractivity contribution in [3.63, 3.8) is 0 Å². The number of nitrogens with zero attached hydrogens (tertiary/aromatic N) is 4. The molecule has 4 nitrogen and oxygen atoms in total. The molecule has 2 aromatic rings. The summed E-state index contributed by atoms with van der Waals surface area (Å²) in [5.41, 5.74) is 8.95. The molecule has 0 radical (unpaired) electrons. The number of aliphatic imine (C=N–C) groups is 1. The van der Waals surface area contributed by atoms with Gasteiger partial charge in [0.2, 0.25) is 0 Å². The molecule has 0 bridgehead atoms. The number of benzene rings is 2. The third-order valence-electron chi connectivity index (χ3n) is 8.02. The standard InChI is InChI=1S/C38H46F2N4.C2H6/c1-27-11-8-9-12-30(21-27)25-44(26-31-22-35(39)28(2)36(40)23-31)38(33-14-10-13-29(15-16-33)24-42(4)5)37(41-3)32-17-19-34(20-18-32)43(6)7;1-2/h12-23H,3,8-11,24-26H2,1-2,4-7H3;1-2H3/b38-37-;. The highest BCUT2D eigenvalue weighted by Crippen LogP contribution is 2.34. The fourth-order valence-electron chi connectivity index (χ4n) is 5.69. The van der Waals surface area contributed by atoms with Crippen molar-refractivity contribution in [3.8, 4) is 0 Å². The molecule has 0 amide bonds. The molecule has 0 fully saturated rings. The third kappa shape index (κ3) is 9.98. The molecule has 0 aliphatic heterocycles. The Morgan fingerprint density at radius 1 is 0.848 bits per heavy atom. The Morgan fingerprint density at radius 3 is 2.13 bits per heavy atom. The minimum absolute atomic E-state index is 0.0319. The molecule has 2 aliphatic carbocycles. The normalized spacial score (nSPS) is 15.3. The van der Waals surface area contributed by atoms with Crippen LogP contribution in [0.2, 0.25) is 0 Å². The second-order valence-corrected chi connectivity index (χ2v) is 12.2. The zero-order valence-corrected chi connectivity index (χ0v) is 29.1. The molecule has 4 rings (SSSR count). The van der Waals surface area contributed by atoms with Gasteiger partial charge in [0.25, 0.3) is 0 Å². The fourth-order valence-corrected chi connectivity index (χ4v) is 5.69.